The second-order valence-electron chi connectivity index (χ2n) is 35.4. The van der Waals surface area contributed by atoms with Crippen molar-refractivity contribution in [2.45, 2.75) is 0 Å². The standard InChI is InChI=1S/C62H36B2N8O4.C46H28B2N8O4.4Pt/c1-69-45-17-9-5-13-41(45)65-59(69)33-21-25-49-37(29-33)63-38-30-34(60-66-42-14-6-10-18-46(42)70(60)2)22-26-50(38)74-56-53(63)55(73-49)57-54-58(56)76-52-28-24-36(62-68-44-16-8-12-20-48(44)72(62)4)32-40(52)64(54)39-31-35(23-27-51(39)75-57)61-67-43-15-7-11-19-47(43)71(61)3;1-53-17-13-49-43(53)25-5-9-33-29(21-25)47-30-22-26(44-50-14-18-54(44)2)6-10-34(30)58-40-37(47)39(57-33)41-38-42(40)60-36-12-8-28(46-52-16-20-56(46)4)24-32(36)48(38)31-23-27(7-11-35(31)59-41)45-51-15-19-55(45)3;;;;/h5-28H,1-4H3;5-20H,1-4H3;;;;/q2*-4;4*+2. The molecule has 0 saturated heterocycles. The fourth-order valence-corrected chi connectivity index (χ4v) is 21.4. The van der Waals surface area contributed by atoms with Gasteiger partial charge in [0.25, 0.3) is 0 Å². The third-order valence-electron chi connectivity index (χ3n) is 27.8. The molecule has 16 heterocycles. The van der Waals surface area contributed by atoms with Crippen LogP contribution in [-0.4, -0.2) is 103 Å². The summed E-state index contributed by atoms with van der Waals surface area (Å²) in [5, 5.41) is 0. The number of aryl methyl sites for hydroxylation is 8. The normalized spacial score (nSPS) is 13.0. The first-order valence-corrected chi connectivity index (χ1v) is 44.7. The van der Waals surface area contributed by atoms with Crippen LogP contribution in [0.1, 0.15) is 0 Å². The van der Waals surface area contributed by atoms with Crippen LogP contribution < -0.4 is 103 Å². The molecule has 14 aromatic carbocycles. The maximum atomic E-state index is 7.26. The molecule has 22 aromatic rings. The van der Waals surface area contributed by atoms with Crippen molar-refractivity contribution >= 4 is 137 Å². The second kappa shape index (κ2) is 32.4. The minimum absolute atomic E-state index is 0. The molecule has 140 heavy (non-hydrogen) atoms. The predicted molar refractivity (Wildman–Crippen MR) is 522 cm³/mol. The molecule has 24 nitrogen and oxygen atoms in total. The van der Waals surface area contributed by atoms with Crippen molar-refractivity contribution in [3.05, 3.63) is 292 Å². The molecule has 8 aliphatic rings. The summed E-state index contributed by atoms with van der Waals surface area (Å²) in [4.78, 5) is 39.0. The number of fused-ring (bicyclic) bond motifs is 24. The Kier molecular flexibility index (Phi) is 20.1. The molecule has 676 valence electrons. The molecule has 32 heteroatoms. The summed E-state index contributed by atoms with van der Waals surface area (Å²) in [6.07, 6.45) is 14.8. The molecule has 0 unspecified atom stereocenters. The van der Waals surface area contributed by atoms with Crippen LogP contribution in [0.2, 0.25) is 0 Å². The molecule has 0 aliphatic carbocycles. The number of hydrogen-bond donors (Lipinski definition) is 0. The van der Waals surface area contributed by atoms with Gasteiger partial charge in [0, 0.05) is 174 Å². The number of imidazole rings is 8. The van der Waals surface area contributed by atoms with Crippen molar-refractivity contribution in [2.75, 3.05) is 0 Å². The first-order chi connectivity index (χ1) is 66.7. The Morgan fingerprint density at radius 3 is 0.529 bits per heavy atom. The van der Waals surface area contributed by atoms with E-state index in [-0.39, 0.29) is 84.3 Å². The Balaban J connectivity index is 0.000000147. The molecule has 0 saturated carbocycles. The summed E-state index contributed by atoms with van der Waals surface area (Å²) in [6, 6.07) is 95.1. The summed E-state index contributed by atoms with van der Waals surface area (Å²) < 4.78 is 73.5. The van der Waals surface area contributed by atoms with E-state index < -0.39 is 26.9 Å². The molecular weight excluding hydrogens is 2470 g/mol. The van der Waals surface area contributed by atoms with Crippen molar-refractivity contribution in [1.29, 1.82) is 0 Å². The van der Waals surface area contributed by atoms with E-state index in [1.54, 1.807) is 24.8 Å². The third kappa shape index (κ3) is 12.7. The van der Waals surface area contributed by atoms with Gasteiger partial charge in [-0.1, -0.05) is 48.5 Å². The Morgan fingerprint density at radius 1 is 0.207 bits per heavy atom. The molecule has 0 N–H and O–H groups in total. The monoisotopic (exact) mass is 2540 g/mol. The van der Waals surface area contributed by atoms with Crippen molar-refractivity contribution in [3.63, 3.8) is 0 Å². The molecule has 0 bridgehead atoms. The van der Waals surface area contributed by atoms with Gasteiger partial charge < -0.3 is 74.4 Å². The quantitative estimate of drug-likeness (QED) is 0.102. The zero-order valence-electron chi connectivity index (χ0n) is 75.1. The Hall–Kier alpha value is -14.8. The maximum Gasteiger partial charge on any atom is 2.00 e. The van der Waals surface area contributed by atoms with Gasteiger partial charge in [-0.3, -0.25) is 39.9 Å². The summed E-state index contributed by atoms with van der Waals surface area (Å²) in [5.41, 5.74) is 23.8. The van der Waals surface area contributed by atoms with E-state index in [0.29, 0.717) is 92.0 Å². The first kappa shape index (κ1) is 86.8. The number of nitrogens with zero attached hydrogens (tertiary/aromatic N) is 16. The van der Waals surface area contributed by atoms with Crippen LogP contribution in [0.3, 0.4) is 0 Å². The van der Waals surface area contributed by atoms with Crippen molar-refractivity contribution in [2.24, 2.45) is 56.4 Å². The van der Waals surface area contributed by atoms with Gasteiger partial charge in [-0.25, -0.2) is 0 Å². The molecule has 0 spiro atoms. The SMILES string of the molecule is Cn1c(-c2[c-]c3c(cc2)Oc2c4c5c(c6c2B3c2[c-]c(-c3nc7ccccc7n3C)ccc2O6)Oc2ccc(-c3nc6ccccc6n3C)[c-]c2B5c2[c-]c(-c3nc5ccccc5n3C)ccc2O4)nc2ccccc21.Cn1ccnc1-c1[c-]c2c(cc1)Oc1c3c4c(c5c1B2c1[c-]c(-c2nccn2C)ccc1O5)Oc1ccc(-c2nccn2C)[c-]c1B4c1[c-]c(-c2nccn2C)ccc1O3.[Pt+2].[Pt+2].[Pt+2].[Pt+2]. The van der Waals surface area contributed by atoms with Crippen LogP contribution in [0.5, 0.6) is 92.0 Å². The van der Waals surface area contributed by atoms with Crippen LogP contribution >= 0.6 is 0 Å². The Bertz CT molecular complexity index is 8110. The minimum Gasteiger partial charge on any atom is -0.499 e. The van der Waals surface area contributed by atoms with Crippen molar-refractivity contribution < 1.29 is 122 Å². The van der Waals surface area contributed by atoms with Crippen molar-refractivity contribution in [1.82, 2.24) is 76.4 Å². The summed E-state index contributed by atoms with van der Waals surface area (Å²) in [7, 11) is 16.1. The van der Waals surface area contributed by atoms with Gasteiger partial charge in [0.15, 0.2) is 46.0 Å². The molecule has 0 radical (unpaired) electrons. The number of aromatic nitrogens is 16. The van der Waals surface area contributed by atoms with Gasteiger partial charge >= 0.3 is 84.3 Å². The predicted octanol–water partition coefficient (Wildman–Crippen LogP) is 12.5. The number of para-hydroxylation sites is 8. The van der Waals surface area contributed by atoms with Gasteiger partial charge in [-0.05, 0) is 48.5 Å². The topological polar surface area (TPSA) is 216 Å². The fourth-order valence-electron chi connectivity index (χ4n) is 21.4. The van der Waals surface area contributed by atoms with E-state index >= 15 is 0 Å². The summed E-state index contributed by atoms with van der Waals surface area (Å²) >= 11 is 0. The molecule has 0 atom stereocenters. The Morgan fingerprint density at radius 2 is 0.371 bits per heavy atom. The van der Waals surface area contributed by atoms with Crippen LogP contribution in [0.15, 0.2) is 244 Å². The zero-order valence-corrected chi connectivity index (χ0v) is 84.2. The van der Waals surface area contributed by atoms with E-state index in [1.807, 2.05) is 269 Å². The molecule has 0 amide bonds. The van der Waals surface area contributed by atoms with Crippen LogP contribution in [0.25, 0.3) is 135 Å². The van der Waals surface area contributed by atoms with Gasteiger partial charge in [-0.2, -0.15) is 0 Å². The molecule has 30 rings (SSSR count). The molecule has 0 fully saturated rings. The molecular formula is C108H64B4N16O8Pt4. The van der Waals surface area contributed by atoms with Gasteiger partial charge in [0.1, 0.15) is 0 Å². The largest absolute Gasteiger partial charge is 2.00 e. The van der Waals surface area contributed by atoms with E-state index in [4.69, 9.17) is 57.8 Å². The summed E-state index contributed by atoms with van der Waals surface area (Å²) in [5.74, 6) is 15.6. The minimum atomic E-state index is -0.505. The van der Waals surface area contributed by atoms with E-state index in [0.717, 1.165) is 201 Å². The Labute approximate surface area is 859 Å². The van der Waals surface area contributed by atoms with Crippen molar-refractivity contribution in [3.8, 4) is 183 Å². The van der Waals surface area contributed by atoms with Gasteiger partial charge in [-0.15, -0.1) is 234 Å². The second-order valence-corrected chi connectivity index (χ2v) is 35.4. The average Bonchev–Trinajstić information content (AvgIpc) is 0.853. The average molecular weight is 2540 g/mol. The maximum absolute atomic E-state index is 7.26. The number of rotatable bonds is 8. The fraction of sp³-hybridized carbons (Fsp3) is 0.0741. The van der Waals surface area contributed by atoms with Crippen LogP contribution in [0, 0.1) is 48.5 Å². The molecule has 8 aliphatic heterocycles. The van der Waals surface area contributed by atoms with Gasteiger partial charge in [0.2, 0.25) is 26.9 Å². The van der Waals surface area contributed by atoms with E-state index in [2.05, 4.69) is 111 Å². The zero-order chi connectivity index (χ0) is 90.2. The van der Waals surface area contributed by atoms with Crippen LogP contribution in [0.4, 0.5) is 0 Å². The number of hydrogen-bond acceptors (Lipinski definition) is 16. The van der Waals surface area contributed by atoms with E-state index in [9.17, 15) is 0 Å². The van der Waals surface area contributed by atoms with E-state index in [1.165, 1.54) is 0 Å². The molecule has 8 aromatic heterocycles. The smallest absolute Gasteiger partial charge is 0.499 e. The van der Waals surface area contributed by atoms with Gasteiger partial charge in [0.05, 0.1) is 90.7 Å². The number of ether oxygens (including phenoxy) is 8. The third-order valence-corrected chi connectivity index (χ3v) is 27.8. The first-order valence-electron chi connectivity index (χ1n) is 44.7. The number of benzene rings is 14. The summed E-state index contributed by atoms with van der Waals surface area (Å²) in [6.45, 7) is -1.88. The van der Waals surface area contributed by atoms with Crippen LogP contribution in [-0.2, 0) is 141 Å².